The van der Waals surface area contributed by atoms with Gasteiger partial charge in [0.2, 0.25) is 17.7 Å². The van der Waals surface area contributed by atoms with Crippen LogP contribution in [0.3, 0.4) is 0 Å². The van der Waals surface area contributed by atoms with Gasteiger partial charge in [-0.25, -0.2) is 15.0 Å². The zero-order valence-corrected chi connectivity index (χ0v) is 18.3. The molecule has 176 valence electrons. The Hall–Kier alpha value is -3.18. The summed E-state index contributed by atoms with van der Waals surface area (Å²) in [4.78, 5) is 32.4. The fourth-order valence-corrected chi connectivity index (χ4v) is 4.48. The van der Waals surface area contributed by atoms with Crippen LogP contribution in [-0.4, -0.2) is 58.1 Å². The minimum Gasteiger partial charge on any atom is -0.490 e. The van der Waals surface area contributed by atoms with Gasteiger partial charge in [-0.1, -0.05) is 0 Å². The third-order valence-electron chi connectivity index (χ3n) is 6.48. The number of halogens is 3. The summed E-state index contributed by atoms with van der Waals surface area (Å²) >= 11 is 0. The van der Waals surface area contributed by atoms with Crippen LogP contribution < -0.4 is 19.9 Å². The molecule has 1 N–H and O–H groups in total. The second-order valence-electron chi connectivity index (χ2n) is 8.78. The lowest BCUT2D eigenvalue weighted by molar-refractivity contribution is -0.145. The molecule has 0 saturated heterocycles. The molecular formula is C21H24F3N7O2. The molecule has 2 aliphatic heterocycles. The van der Waals surface area contributed by atoms with Gasteiger partial charge < -0.3 is 19.9 Å². The molecule has 1 atom stereocenters. The molecule has 2 aromatic heterocycles. The van der Waals surface area contributed by atoms with Crippen LogP contribution in [0.4, 0.5) is 30.6 Å². The highest BCUT2D eigenvalue weighted by Crippen LogP contribution is 2.40. The summed E-state index contributed by atoms with van der Waals surface area (Å²) in [5.41, 5.74) is 1.72. The largest absolute Gasteiger partial charge is 0.490 e. The quantitative estimate of drug-likeness (QED) is 0.723. The molecule has 5 rings (SSSR count). The lowest BCUT2D eigenvalue weighted by atomic mass is 9.81. The van der Waals surface area contributed by atoms with Crippen molar-refractivity contribution in [1.29, 1.82) is 0 Å². The molecule has 1 saturated carbocycles. The second-order valence-corrected chi connectivity index (χ2v) is 8.78. The van der Waals surface area contributed by atoms with Crippen LogP contribution in [0.2, 0.25) is 0 Å². The molecule has 4 heterocycles. The number of rotatable bonds is 5. The number of amides is 1. The topological polar surface area (TPSA) is 96.4 Å². The SMILES string of the molecule is C[C@H]1C(=O)N2CCCc3nc(NC4CC(COc5cnc(C(F)(F)F)nc5)C4)nc(c32)N1C. The molecule has 33 heavy (non-hydrogen) atoms. The zero-order valence-electron chi connectivity index (χ0n) is 18.3. The van der Waals surface area contributed by atoms with Crippen LogP contribution >= 0.6 is 0 Å². The minimum atomic E-state index is -4.57. The van der Waals surface area contributed by atoms with Crippen molar-refractivity contribution in [1.82, 2.24) is 19.9 Å². The number of aryl methyl sites for hydroxylation is 1. The van der Waals surface area contributed by atoms with Crippen molar-refractivity contribution in [3.8, 4) is 5.75 Å². The van der Waals surface area contributed by atoms with Crippen molar-refractivity contribution in [2.24, 2.45) is 5.92 Å². The highest BCUT2D eigenvalue weighted by atomic mass is 19.4. The molecule has 3 aliphatic rings. The van der Waals surface area contributed by atoms with Gasteiger partial charge in [0.05, 0.1) is 24.7 Å². The first-order valence-corrected chi connectivity index (χ1v) is 10.9. The smallest absolute Gasteiger partial charge is 0.451 e. The Labute approximate surface area is 188 Å². The van der Waals surface area contributed by atoms with Gasteiger partial charge in [0.15, 0.2) is 11.6 Å². The molecule has 0 spiro atoms. The van der Waals surface area contributed by atoms with E-state index < -0.39 is 12.0 Å². The van der Waals surface area contributed by atoms with Crippen molar-refractivity contribution in [3.05, 3.63) is 23.9 Å². The van der Waals surface area contributed by atoms with Crippen molar-refractivity contribution in [3.63, 3.8) is 0 Å². The number of aromatic nitrogens is 4. The monoisotopic (exact) mass is 463 g/mol. The molecule has 1 fully saturated rings. The summed E-state index contributed by atoms with van der Waals surface area (Å²) in [5, 5.41) is 3.38. The van der Waals surface area contributed by atoms with E-state index in [4.69, 9.17) is 9.72 Å². The maximum Gasteiger partial charge on any atom is 0.451 e. The summed E-state index contributed by atoms with van der Waals surface area (Å²) < 4.78 is 43.2. The number of anilines is 3. The average molecular weight is 463 g/mol. The number of hydrogen-bond donors (Lipinski definition) is 1. The number of alkyl halides is 3. The Morgan fingerprint density at radius 1 is 1.21 bits per heavy atom. The Balaban J connectivity index is 1.18. The first-order valence-electron chi connectivity index (χ1n) is 10.9. The van der Waals surface area contributed by atoms with Crippen molar-refractivity contribution in [2.75, 3.05) is 35.3 Å². The van der Waals surface area contributed by atoms with Gasteiger partial charge in [-0.2, -0.15) is 18.2 Å². The Morgan fingerprint density at radius 3 is 2.64 bits per heavy atom. The molecular weight excluding hydrogens is 439 g/mol. The number of nitrogens with zero attached hydrogens (tertiary/aromatic N) is 6. The van der Waals surface area contributed by atoms with Crippen LogP contribution in [0.1, 0.15) is 37.7 Å². The van der Waals surface area contributed by atoms with Crippen LogP contribution in [-0.2, 0) is 17.4 Å². The standard InChI is InChI=1S/C21H24F3N7O2/c1-11-18(32)31-5-3-4-15-16(31)17(30(11)2)29-20(28-15)27-13-6-12(7-13)10-33-14-8-25-19(26-9-14)21(22,23)24/h8-9,11-13H,3-7,10H2,1-2H3,(H,27,28,29)/t11-,12?,13?/m0/s1. The molecule has 1 aliphatic carbocycles. The molecule has 0 radical (unpaired) electrons. The van der Waals surface area contributed by atoms with Crippen molar-refractivity contribution in [2.45, 2.75) is 50.9 Å². The van der Waals surface area contributed by atoms with E-state index >= 15 is 0 Å². The summed E-state index contributed by atoms with van der Waals surface area (Å²) in [6.07, 6.45) is 0.861. The number of ether oxygens (including phenoxy) is 1. The Bertz CT molecular complexity index is 1060. The lowest BCUT2D eigenvalue weighted by Gasteiger charge is -2.42. The first kappa shape index (κ1) is 21.7. The van der Waals surface area contributed by atoms with E-state index in [0.29, 0.717) is 19.1 Å². The van der Waals surface area contributed by atoms with Gasteiger partial charge in [-0.15, -0.1) is 0 Å². The number of nitrogens with one attached hydrogen (secondary N) is 1. The number of carbonyl (C=O) groups excluding carboxylic acids is 1. The predicted octanol–water partition coefficient (Wildman–Crippen LogP) is 2.67. The summed E-state index contributed by atoms with van der Waals surface area (Å²) in [6.45, 7) is 2.95. The summed E-state index contributed by atoms with van der Waals surface area (Å²) in [7, 11) is 1.88. The summed E-state index contributed by atoms with van der Waals surface area (Å²) in [6, 6.07) is -0.0917. The predicted molar refractivity (Wildman–Crippen MR) is 113 cm³/mol. The van der Waals surface area contributed by atoms with E-state index in [2.05, 4.69) is 20.3 Å². The highest BCUT2D eigenvalue weighted by molar-refractivity contribution is 6.05. The molecule has 0 aromatic carbocycles. The maximum atomic E-state index is 12.6. The lowest BCUT2D eigenvalue weighted by Crippen LogP contribution is -2.53. The van der Waals surface area contributed by atoms with E-state index in [0.717, 1.165) is 55.3 Å². The first-order chi connectivity index (χ1) is 15.7. The van der Waals surface area contributed by atoms with Gasteiger partial charge in [0, 0.05) is 19.6 Å². The van der Waals surface area contributed by atoms with Crippen LogP contribution in [0.5, 0.6) is 5.75 Å². The third-order valence-corrected chi connectivity index (χ3v) is 6.48. The van der Waals surface area contributed by atoms with E-state index in [9.17, 15) is 18.0 Å². The van der Waals surface area contributed by atoms with Crippen molar-refractivity contribution >= 4 is 23.4 Å². The van der Waals surface area contributed by atoms with Gasteiger partial charge in [-0.05, 0) is 38.5 Å². The van der Waals surface area contributed by atoms with Crippen molar-refractivity contribution < 1.29 is 22.7 Å². The maximum absolute atomic E-state index is 12.6. The third kappa shape index (κ3) is 4.02. The Morgan fingerprint density at radius 2 is 1.94 bits per heavy atom. The van der Waals surface area contributed by atoms with Gasteiger partial charge >= 0.3 is 6.18 Å². The second kappa shape index (κ2) is 7.99. The van der Waals surface area contributed by atoms with Gasteiger partial charge in [0.1, 0.15) is 11.7 Å². The van der Waals surface area contributed by atoms with E-state index in [-0.39, 0.29) is 29.7 Å². The normalized spacial score (nSPS) is 24.3. The molecule has 0 bridgehead atoms. The number of carbonyl (C=O) groups is 1. The van der Waals surface area contributed by atoms with Gasteiger partial charge in [-0.3, -0.25) is 4.79 Å². The van der Waals surface area contributed by atoms with Crippen LogP contribution in [0.25, 0.3) is 0 Å². The molecule has 2 aromatic rings. The molecule has 12 heteroatoms. The van der Waals surface area contributed by atoms with E-state index in [1.165, 1.54) is 0 Å². The Kier molecular flexibility index (Phi) is 5.25. The van der Waals surface area contributed by atoms with Crippen LogP contribution in [0, 0.1) is 5.92 Å². The average Bonchev–Trinajstić information content (AvgIpc) is 2.76. The van der Waals surface area contributed by atoms with E-state index in [1.54, 1.807) is 0 Å². The van der Waals surface area contributed by atoms with Gasteiger partial charge in [0.25, 0.3) is 0 Å². The van der Waals surface area contributed by atoms with Crippen LogP contribution in [0.15, 0.2) is 12.4 Å². The minimum absolute atomic E-state index is 0.0792. The van der Waals surface area contributed by atoms with E-state index in [1.807, 2.05) is 23.8 Å². The molecule has 0 unspecified atom stereocenters. The fraction of sp³-hybridized carbons (Fsp3) is 0.571. The molecule has 1 amide bonds. The number of likely N-dealkylation sites (N-methyl/N-ethyl adjacent to an activating group) is 1. The summed E-state index contributed by atoms with van der Waals surface area (Å²) in [5.74, 6) is 0.703. The number of hydrogen-bond acceptors (Lipinski definition) is 8. The highest BCUT2D eigenvalue weighted by Gasteiger charge is 2.39. The fourth-order valence-electron chi connectivity index (χ4n) is 4.48. The molecule has 9 nitrogen and oxygen atoms in total. The zero-order chi connectivity index (χ0) is 23.3.